The number of ether oxygens (including phenoxy) is 4. The fourth-order valence-corrected chi connectivity index (χ4v) is 5.48. The molecule has 6 nitrogen and oxygen atoms in total. The SMILES string of the molecule is C=C1C(=O)OC2(C)CCC1CC1OC1(C)CCC(C(=O)OC)C1(C)CCC2O1. The standard InChI is InChI=1S/C22H32O6/c1-13-14-6-9-21(3,28-18(13)23)16-8-11-20(2,26-16)15(19(24)25-5)7-10-22(4)17(12-14)27-22/h14-17H,1,6-12H2,2-5H3. The highest BCUT2D eigenvalue weighted by molar-refractivity contribution is 5.89. The second-order valence-electron chi connectivity index (χ2n) is 9.69. The maximum atomic E-state index is 12.7. The number of epoxide rings is 1. The molecule has 156 valence electrons. The average Bonchev–Trinajstić information content (AvgIpc) is 3.12. The highest BCUT2D eigenvalue weighted by Crippen LogP contribution is 2.51. The van der Waals surface area contributed by atoms with Gasteiger partial charge in [0.25, 0.3) is 0 Å². The summed E-state index contributed by atoms with van der Waals surface area (Å²) in [6.45, 7) is 10.1. The Balaban J connectivity index is 1.70. The second kappa shape index (κ2) is 6.56. The van der Waals surface area contributed by atoms with Crippen LogP contribution in [0.1, 0.15) is 65.7 Å². The molecule has 0 aliphatic carbocycles. The van der Waals surface area contributed by atoms with Crippen LogP contribution in [0, 0.1) is 11.8 Å². The summed E-state index contributed by atoms with van der Waals surface area (Å²) in [5.41, 5.74) is -1.07. The van der Waals surface area contributed by atoms with Gasteiger partial charge in [0.2, 0.25) is 0 Å². The molecule has 7 unspecified atom stereocenters. The number of carbonyl (C=O) groups is 2. The van der Waals surface area contributed by atoms with Gasteiger partial charge in [0.1, 0.15) is 5.60 Å². The lowest BCUT2D eigenvalue weighted by atomic mass is 9.79. The lowest BCUT2D eigenvalue weighted by Gasteiger charge is -2.37. The largest absolute Gasteiger partial charge is 0.469 e. The molecule has 0 saturated carbocycles. The quantitative estimate of drug-likeness (QED) is 0.387. The summed E-state index contributed by atoms with van der Waals surface area (Å²) in [6.07, 6.45) is 5.07. The van der Waals surface area contributed by atoms with Crippen LogP contribution < -0.4 is 0 Å². The fraction of sp³-hybridized carbons (Fsp3) is 0.818. The molecule has 0 aromatic rings. The van der Waals surface area contributed by atoms with E-state index in [9.17, 15) is 9.59 Å². The van der Waals surface area contributed by atoms with Crippen molar-refractivity contribution >= 4 is 11.9 Å². The summed E-state index contributed by atoms with van der Waals surface area (Å²) < 4.78 is 23.6. The zero-order valence-electron chi connectivity index (χ0n) is 17.4. The third-order valence-corrected chi connectivity index (χ3v) is 7.75. The molecule has 0 aromatic carbocycles. The van der Waals surface area contributed by atoms with Crippen LogP contribution in [0.15, 0.2) is 12.2 Å². The second-order valence-corrected chi connectivity index (χ2v) is 9.69. The molecule has 0 aromatic heterocycles. The number of rotatable bonds is 1. The molecule has 0 radical (unpaired) electrons. The van der Waals surface area contributed by atoms with Gasteiger partial charge in [-0.15, -0.1) is 0 Å². The van der Waals surface area contributed by atoms with Crippen molar-refractivity contribution in [2.24, 2.45) is 11.8 Å². The van der Waals surface area contributed by atoms with Gasteiger partial charge in [0, 0.05) is 5.57 Å². The van der Waals surface area contributed by atoms with E-state index in [4.69, 9.17) is 18.9 Å². The van der Waals surface area contributed by atoms with Crippen molar-refractivity contribution in [1.82, 2.24) is 0 Å². The minimum absolute atomic E-state index is 0.0612. The molecule has 4 fully saturated rings. The van der Waals surface area contributed by atoms with Gasteiger partial charge in [-0.25, -0.2) is 4.79 Å². The smallest absolute Gasteiger partial charge is 0.334 e. The Kier molecular flexibility index (Phi) is 4.66. The van der Waals surface area contributed by atoms with Crippen LogP contribution in [-0.2, 0) is 28.5 Å². The lowest BCUT2D eigenvalue weighted by molar-refractivity contribution is -0.187. The minimum atomic E-state index is -0.713. The van der Waals surface area contributed by atoms with E-state index in [2.05, 4.69) is 13.5 Å². The van der Waals surface area contributed by atoms with Crippen LogP contribution in [0.25, 0.3) is 0 Å². The van der Waals surface area contributed by atoms with Crippen molar-refractivity contribution in [3.63, 3.8) is 0 Å². The Hall–Kier alpha value is -1.40. The van der Waals surface area contributed by atoms with Crippen LogP contribution >= 0.6 is 0 Å². The van der Waals surface area contributed by atoms with Gasteiger partial charge < -0.3 is 18.9 Å². The molecule has 4 saturated heterocycles. The minimum Gasteiger partial charge on any atom is -0.469 e. The fourth-order valence-electron chi connectivity index (χ4n) is 5.48. The first-order valence-corrected chi connectivity index (χ1v) is 10.5. The van der Waals surface area contributed by atoms with E-state index in [1.807, 2.05) is 13.8 Å². The van der Waals surface area contributed by atoms with E-state index in [0.29, 0.717) is 12.0 Å². The van der Waals surface area contributed by atoms with E-state index >= 15 is 0 Å². The third-order valence-electron chi connectivity index (χ3n) is 7.75. The van der Waals surface area contributed by atoms with E-state index in [1.165, 1.54) is 7.11 Å². The van der Waals surface area contributed by atoms with E-state index in [1.54, 1.807) is 0 Å². The van der Waals surface area contributed by atoms with Crippen LogP contribution in [0.3, 0.4) is 0 Å². The number of fused-ring (bicyclic) bond motifs is 7. The van der Waals surface area contributed by atoms with E-state index in [-0.39, 0.29) is 41.6 Å². The molecule has 4 bridgehead atoms. The van der Waals surface area contributed by atoms with Crippen molar-refractivity contribution in [2.75, 3.05) is 7.11 Å². The number of carbonyl (C=O) groups excluding carboxylic acids is 2. The Morgan fingerprint density at radius 3 is 2.36 bits per heavy atom. The van der Waals surface area contributed by atoms with Crippen LogP contribution in [-0.4, -0.2) is 48.1 Å². The summed E-state index contributed by atoms with van der Waals surface area (Å²) in [5.74, 6) is -0.869. The molecule has 0 amide bonds. The molecule has 28 heavy (non-hydrogen) atoms. The molecule has 0 N–H and O–H groups in total. The summed E-state index contributed by atoms with van der Waals surface area (Å²) in [6, 6.07) is 0. The Morgan fingerprint density at radius 1 is 1.00 bits per heavy atom. The Bertz CT molecular complexity index is 703. The normalized spacial score (nSPS) is 48.4. The molecule has 7 atom stereocenters. The topological polar surface area (TPSA) is 74.4 Å². The number of methoxy groups -OCH3 is 1. The van der Waals surface area contributed by atoms with Gasteiger partial charge in [-0.05, 0) is 71.6 Å². The van der Waals surface area contributed by atoms with Crippen LogP contribution in [0.5, 0.6) is 0 Å². The summed E-state index contributed by atoms with van der Waals surface area (Å²) >= 11 is 0. The van der Waals surface area contributed by atoms with Gasteiger partial charge in [-0.2, -0.15) is 0 Å². The van der Waals surface area contributed by atoms with Crippen LogP contribution in [0.4, 0.5) is 0 Å². The summed E-state index contributed by atoms with van der Waals surface area (Å²) in [5, 5.41) is 0. The monoisotopic (exact) mass is 392 g/mol. The van der Waals surface area contributed by atoms with Crippen LogP contribution in [0.2, 0.25) is 0 Å². The van der Waals surface area contributed by atoms with Gasteiger partial charge in [0.15, 0.2) is 0 Å². The molecular formula is C22H32O6. The molecular weight excluding hydrogens is 360 g/mol. The Morgan fingerprint density at radius 2 is 1.64 bits per heavy atom. The van der Waals surface area contributed by atoms with Gasteiger partial charge in [-0.1, -0.05) is 6.58 Å². The molecule has 6 heteroatoms. The first kappa shape index (κ1) is 19.9. The zero-order chi connectivity index (χ0) is 20.3. The van der Waals surface area contributed by atoms with Crippen molar-refractivity contribution in [2.45, 2.75) is 94.7 Å². The predicted octanol–water partition coefficient (Wildman–Crippen LogP) is 3.32. The highest BCUT2D eigenvalue weighted by atomic mass is 16.6. The average molecular weight is 392 g/mol. The van der Waals surface area contributed by atoms with Gasteiger partial charge in [0.05, 0.1) is 36.4 Å². The van der Waals surface area contributed by atoms with Crippen molar-refractivity contribution < 1.29 is 28.5 Å². The first-order valence-electron chi connectivity index (χ1n) is 10.5. The first-order chi connectivity index (χ1) is 13.1. The van der Waals surface area contributed by atoms with Crippen molar-refractivity contribution in [1.29, 1.82) is 0 Å². The number of hydrogen-bond acceptors (Lipinski definition) is 6. The molecule has 4 heterocycles. The Labute approximate surface area is 166 Å². The van der Waals surface area contributed by atoms with Crippen molar-refractivity contribution in [3.8, 4) is 0 Å². The maximum absolute atomic E-state index is 12.7. The molecule has 4 rings (SSSR count). The number of hydrogen-bond donors (Lipinski definition) is 0. The maximum Gasteiger partial charge on any atom is 0.334 e. The highest BCUT2D eigenvalue weighted by Gasteiger charge is 2.58. The third kappa shape index (κ3) is 3.18. The molecule has 4 aliphatic heterocycles. The van der Waals surface area contributed by atoms with Gasteiger partial charge >= 0.3 is 11.9 Å². The molecule has 0 spiro atoms. The summed E-state index contributed by atoms with van der Waals surface area (Å²) in [7, 11) is 1.43. The van der Waals surface area contributed by atoms with Gasteiger partial charge in [-0.3, -0.25) is 4.79 Å². The van der Waals surface area contributed by atoms with E-state index < -0.39 is 11.2 Å². The molecule has 4 aliphatic rings. The predicted molar refractivity (Wildman–Crippen MR) is 102 cm³/mol. The summed E-state index contributed by atoms with van der Waals surface area (Å²) in [4.78, 5) is 25.4. The van der Waals surface area contributed by atoms with E-state index in [0.717, 1.165) is 38.5 Å². The zero-order valence-corrected chi connectivity index (χ0v) is 17.4. The lowest BCUT2D eigenvalue weighted by Crippen LogP contribution is -2.47. The number of esters is 2. The van der Waals surface area contributed by atoms with Crippen molar-refractivity contribution in [3.05, 3.63) is 12.2 Å².